The molecule has 168 valence electrons. The summed E-state index contributed by atoms with van der Waals surface area (Å²) in [5.74, 6) is 1.94. The second kappa shape index (κ2) is 10.6. The smallest absolute Gasteiger partial charge is 0.191 e. The molecule has 0 aromatic carbocycles. The first kappa shape index (κ1) is 21.7. The third-order valence-corrected chi connectivity index (χ3v) is 7.00. The lowest BCUT2D eigenvalue weighted by molar-refractivity contribution is -0.168. The van der Waals surface area contributed by atoms with Crippen LogP contribution in [0.5, 0.6) is 0 Å². The van der Waals surface area contributed by atoms with Gasteiger partial charge < -0.3 is 24.5 Å². The molecule has 2 atom stereocenters. The van der Waals surface area contributed by atoms with E-state index in [0.29, 0.717) is 17.6 Å². The fourth-order valence-corrected chi connectivity index (χ4v) is 5.03. The molecule has 30 heavy (non-hydrogen) atoms. The van der Waals surface area contributed by atoms with Crippen LogP contribution in [0.3, 0.4) is 0 Å². The lowest BCUT2D eigenvalue weighted by Gasteiger charge is -2.61. The molecule has 2 aliphatic carbocycles. The van der Waals surface area contributed by atoms with Crippen molar-refractivity contribution in [3.8, 4) is 0 Å². The van der Waals surface area contributed by atoms with Crippen LogP contribution in [-0.4, -0.2) is 75.5 Å². The third kappa shape index (κ3) is 5.18. The van der Waals surface area contributed by atoms with E-state index in [2.05, 4.69) is 22.5 Å². The van der Waals surface area contributed by atoms with Gasteiger partial charge in [-0.1, -0.05) is 6.42 Å². The standard InChI is InChI=1S/C23H38N4O3/c1-2-29-21-18-20(23(21)8-4-9-23)26-22(25-11-7-19-6-3-15-30-19)24-10-5-12-27-13-16-28-17-14-27/h3,6,15,20-21H,2,4-5,7-14,16-18H2,1H3,(H2,24,25,26). The van der Waals surface area contributed by atoms with Crippen molar-refractivity contribution in [2.75, 3.05) is 52.5 Å². The molecule has 0 bridgehead atoms. The number of nitrogens with zero attached hydrogens (tertiary/aromatic N) is 2. The van der Waals surface area contributed by atoms with Crippen LogP contribution in [0.15, 0.2) is 27.8 Å². The van der Waals surface area contributed by atoms with Crippen molar-refractivity contribution in [3.05, 3.63) is 24.2 Å². The van der Waals surface area contributed by atoms with E-state index in [4.69, 9.17) is 18.9 Å². The zero-order valence-electron chi connectivity index (χ0n) is 18.4. The summed E-state index contributed by atoms with van der Waals surface area (Å²) in [5.41, 5.74) is 0.327. The van der Waals surface area contributed by atoms with Crippen molar-refractivity contribution in [1.29, 1.82) is 0 Å². The Morgan fingerprint density at radius 3 is 2.90 bits per heavy atom. The highest BCUT2D eigenvalue weighted by Crippen LogP contribution is 2.57. The zero-order chi connectivity index (χ0) is 20.7. The third-order valence-electron chi connectivity index (χ3n) is 7.00. The molecular formula is C23H38N4O3. The second-order valence-corrected chi connectivity index (χ2v) is 8.76. The molecule has 1 aliphatic heterocycles. The summed E-state index contributed by atoms with van der Waals surface area (Å²) in [6, 6.07) is 4.43. The molecule has 7 heteroatoms. The predicted octanol–water partition coefficient (Wildman–Crippen LogP) is 2.43. The topological polar surface area (TPSA) is 71.3 Å². The number of nitrogens with one attached hydrogen (secondary N) is 2. The van der Waals surface area contributed by atoms with Gasteiger partial charge >= 0.3 is 0 Å². The van der Waals surface area contributed by atoms with E-state index >= 15 is 0 Å². The van der Waals surface area contributed by atoms with E-state index < -0.39 is 0 Å². The minimum Gasteiger partial charge on any atom is -0.469 e. The largest absolute Gasteiger partial charge is 0.469 e. The summed E-state index contributed by atoms with van der Waals surface area (Å²) in [4.78, 5) is 7.38. The summed E-state index contributed by atoms with van der Waals surface area (Å²) < 4.78 is 16.9. The quantitative estimate of drug-likeness (QED) is 0.345. The SMILES string of the molecule is CCOC1CC(NC(=NCCCN2CCOCC2)NCCc2ccco2)C12CCC2. The van der Waals surface area contributed by atoms with Gasteiger partial charge in [0.1, 0.15) is 5.76 Å². The maximum Gasteiger partial charge on any atom is 0.191 e. The molecule has 2 N–H and O–H groups in total. The van der Waals surface area contributed by atoms with Gasteiger partial charge in [0.05, 0.1) is 25.6 Å². The lowest BCUT2D eigenvalue weighted by atomic mass is 9.51. The zero-order valence-corrected chi connectivity index (χ0v) is 18.4. The summed E-state index contributed by atoms with van der Waals surface area (Å²) in [6.45, 7) is 9.45. The number of furan rings is 1. The van der Waals surface area contributed by atoms with Crippen LogP contribution in [0.4, 0.5) is 0 Å². The van der Waals surface area contributed by atoms with E-state index in [0.717, 1.165) is 83.5 Å². The lowest BCUT2D eigenvalue weighted by Crippen LogP contribution is -2.68. The second-order valence-electron chi connectivity index (χ2n) is 8.76. The van der Waals surface area contributed by atoms with E-state index in [-0.39, 0.29) is 0 Å². The summed E-state index contributed by atoms with van der Waals surface area (Å²) in [5, 5.41) is 7.28. The molecule has 7 nitrogen and oxygen atoms in total. The summed E-state index contributed by atoms with van der Waals surface area (Å²) >= 11 is 0. The van der Waals surface area contributed by atoms with Crippen molar-refractivity contribution in [2.45, 2.75) is 57.6 Å². The number of guanidine groups is 1. The Hall–Kier alpha value is -1.57. The molecular weight excluding hydrogens is 380 g/mol. The van der Waals surface area contributed by atoms with Crippen LogP contribution >= 0.6 is 0 Å². The molecule has 4 rings (SSSR count). The van der Waals surface area contributed by atoms with Crippen LogP contribution < -0.4 is 10.6 Å². The van der Waals surface area contributed by atoms with Crippen LogP contribution in [0, 0.1) is 5.41 Å². The van der Waals surface area contributed by atoms with Gasteiger partial charge in [-0.2, -0.15) is 0 Å². The average Bonchev–Trinajstić information content (AvgIpc) is 3.23. The van der Waals surface area contributed by atoms with E-state index in [1.165, 1.54) is 19.3 Å². The van der Waals surface area contributed by atoms with Gasteiger partial charge in [0.25, 0.3) is 0 Å². The van der Waals surface area contributed by atoms with E-state index in [1.807, 2.05) is 12.1 Å². The molecule has 2 heterocycles. The van der Waals surface area contributed by atoms with Crippen LogP contribution in [0.1, 0.15) is 44.8 Å². The first-order valence-corrected chi connectivity index (χ1v) is 11.8. The number of aliphatic imine (C=N–C) groups is 1. The van der Waals surface area contributed by atoms with Gasteiger partial charge in [0.15, 0.2) is 5.96 Å². The Morgan fingerprint density at radius 1 is 1.33 bits per heavy atom. The normalized spacial score (nSPS) is 26.2. The Kier molecular flexibility index (Phi) is 7.68. The Labute approximate surface area is 180 Å². The molecule has 1 saturated heterocycles. The van der Waals surface area contributed by atoms with Gasteiger partial charge in [-0.15, -0.1) is 0 Å². The monoisotopic (exact) mass is 418 g/mol. The van der Waals surface area contributed by atoms with Gasteiger partial charge in [0.2, 0.25) is 0 Å². The summed E-state index contributed by atoms with van der Waals surface area (Å²) in [7, 11) is 0. The number of hydrogen-bond acceptors (Lipinski definition) is 5. The Morgan fingerprint density at radius 2 is 2.20 bits per heavy atom. The fraction of sp³-hybridized carbons (Fsp3) is 0.783. The van der Waals surface area contributed by atoms with Crippen LogP contribution in [0.2, 0.25) is 0 Å². The minimum absolute atomic E-state index is 0.327. The van der Waals surface area contributed by atoms with Gasteiger partial charge in [0, 0.05) is 57.2 Å². The first-order chi connectivity index (χ1) is 14.8. The van der Waals surface area contributed by atoms with Crippen molar-refractivity contribution in [1.82, 2.24) is 15.5 Å². The molecule has 3 aliphatic rings. The Bertz CT molecular complexity index is 653. The highest BCUT2D eigenvalue weighted by atomic mass is 16.5. The minimum atomic E-state index is 0.327. The molecule has 0 radical (unpaired) electrons. The molecule has 3 fully saturated rings. The highest BCUT2D eigenvalue weighted by molar-refractivity contribution is 5.80. The Balaban J connectivity index is 1.28. The highest BCUT2D eigenvalue weighted by Gasteiger charge is 2.59. The molecule has 1 aromatic rings. The molecule has 2 unspecified atom stereocenters. The maximum absolute atomic E-state index is 6.01. The van der Waals surface area contributed by atoms with E-state index in [1.54, 1.807) is 6.26 Å². The van der Waals surface area contributed by atoms with Crippen molar-refractivity contribution in [3.63, 3.8) is 0 Å². The van der Waals surface area contributed by atoms with Crippen LogP contribution in [0.25, 0.3) is 0 Å². The van der Waals surface area contributed by atoms with Crippen molar-refractivity contribution in [2.24, 2.45) is 10.4 Å². The molecule has 0 amide bonds. The summed E-state index contributed by atoms with van der Waals surface area (Å²) in [6.07, 6.45) is 9.02. The van der Waals surface area contributed by atoms with Gasteiger partial charge in [-0.05, 0) is 44.7 Å². The number of rotatable bonds is 10. The van der Waals surface area contributed by atoms with Gasteiger partial charge in [-0.25, -0.2) is 0 Å². The molecule has 1 aromatic heterocycles. The number of hydrogen-bond donors (Lipinski definition) is 2. The molecule has 2 saturated carbocycles. The van der Waals surface area contributed by atoms with E-state index in [9.17, 15) is 0 Å². The first-order valence-electron chi connectivity index (χ1n) is 11.8. The molecule has 1 spiro atoms. The van der Waals surface area contributed by atoms with Crippen molar-refractivity contribution < 1.29 is 13.9 Å². The van der Waals surface area contributed by atoms with Crippen LogP contribution in [-0.2, 0) is 15.9 Å². The van der Waals surface area contributed by atoms with Crippen molar-refractivity contribution >= 4 is 5.96 Å². The van der Waals surface area contributed by atoms with Gasteiger partial charge in [-0.3, -0.25) is 9.89 Å². The number of morpholine rings is 1. The fourth-order valence-electron chi connectivity index (χ4n) is 5.03. The average molecular weight is 419 g/mol. The maximum atomic E-state index is 6.01. The number of ether oxygens (including phenoxy) is 2. The predicted molar refractivity (Wildman–Crippen MR) is 118 cm³/mol.